The van der Waals surface area contributed by atoms with Gasteiger partial charge >= 0.3 is 0 Å². The number of rotatable bonds is 6. The van der Waals surface area contributed by atoms with Gasteiger partial charge in [0.15, 0.2) is 6.29 Å². The Labute approximate surface area is 116 Å². The summed E-state index contributed by atoms with van der Waals surface area (Å²) in [6.45, 7) is 3.92. The first kappa shape index (κ1) is 15.0. The van der Waals surface area contributed by atoms with Crippen molar-refractivity contribution in [2.45, 2.75) is 64.6 Å². The number of hydrogen-bond donors (Lipinski definition) is 0. The number of allylic oxidation sites excluding steroid dienone is 2. The molecule has 0 spiro atoms. The van der Waals surface area contributed by atoms with Crippen LogP contribution < -0.4 is 0 Å². The molecule has 0 radical (unpaired) electrons. The molecule has 19 heavy (non-hydrogen) atoms. The Hall–Kier alpha value is -0.410. The van der Waals surface area contributed by atoms with Crippen LogP contribution in [-0.4, -0.2) is 19.5 Å². The summed E-state index contributed by atoms with van der Waals surface area (Å²) in [7, 11) is 0. The summed E-state index contributed by atoms with van der Waals surface area (Å²) in [6, 6.07) is 0. The van der Waals surface area contributed by atoms with Crippen LogP contribution in [0.1, 0.15) is 58.3 Å². The predicted octanol–water partition coefficient (Wildman–Crippen LogP) is 4.60. The predicted molar refractivity (Wildman–Crippen MR) is 74.5 cm³/mol. The van der Waals surface area contributed by atoms with Gasteiger partial charge in [-0.25, -0.2) is 4.39 Å². The Morgan fingerprint density at radius 1 is 1.16 bits per heavy atom. The number of unbranched alkanes of at least 4 members (excludes halogenated alkanes) is 1. The Morgan fingerprint density at radius 3 is 2.58 bits per heavy atom. The third kappa shape index (κ3) is 5.23. The third-order valence-electron chi connectivity index (χ3n) is 4.28. The highest BCUT2D eigenvalue weighted by Gasteiger charge is 2.23. The fraction of sp³-hybridized carbons (Fsp3) is 0.875. The molecule has 1 aliphatic carbocycles. The van der Waals surface area contributed by atoms with Gasteiger partial charge in [0, 0.05) is 5.92 Å². The topological polar surface area (TPSA) is 18.5 Å². The Bertz CT molecular complexity index is 282. The molecule has 3 heteroatoms. The molecular formula is C16H27FO2. The van der Waals surface area contributed by atoms with Crippen molar-refractivity contribution in [3.63, 3.8) is 0 Å². The molecule has 1 unspecified atom stereocenters. The second-order valence-corrected chi connectivity index (χ2v) is 5.97. The zero-order valence-electron chi connectivity index (χ0n) is 12.1. The molecule has 2 aliphatic rings. The van der Waals surface area contributed by atoms with Gasteiger partial charge in [0.1, 0.15) is 0 Å². The van der Waals surface area contributed by atoms with Crippen LogP contribution in [0.4, 0.5) is 4.39 Å². The fourth-order valence-corrected chi connectivity index (χ4v) is 2.90. The first-order chi connectivity index (χ1) is 9.28. The Kier molecular flexibility index (Phi) is 6.32. The molecule has 1 atom stereocenters. The standard InChI is InChI=1S/C16H27FO2/c1-2-3-4-14-11-18-16(19-12-14)10-7-13-5-8-15(17)9-6-13/h8,13-14,16H,2-7,9-12H2,1H3/t13?,14-,16-. The van der Waals surface area contributed by atoms with E-state index in [2.05, 4.69) is 6.92 Å². The van der Waals surface area contributed by atoms with Gasteiger partial charge in [-0.05, 0) is 44.4 Å². The zero-order chi connectivity index (χ0) is 13.5. The Balaban J connectivity index is 1.58. The van der Waals surface area contributed by atoms with Gasteiger partial charge in [0.25, 0.3) is 0 Å². The van der Waals surface area contributed by atoms with E-state index < -0.39 is 0 Å². The molecule has 1 saturated heterocycles. The average Bonchev–Trinajstić information content (AvgIpc) is 2.46. The molecule has 0 amide bonds. The maximum Gasteiger partial charge on any atom is 0.157 e. The van der Waals surface area contributed by atoms with Crippen LogP contribution in [0.3, 0.4) is 0 Å². The molecular weight excluding hydrogens is 243 g/mol. The molecule has 0 N–H and O–H groups in total. The maximum atomic E-state index is 12.9. The first-order valence-corrected chi connectivity index (χ1v) is 7.85. The van der Waals surface area contributed by atoms with Crippen LogP contribution in [-0.2, 0) is 9.47 Å². The van der Waals surface area contributed by atoms with Crippen LogP contribution >= 0.6 is 0 Å². The van der Waals surface area contributed by atoms with Gasteiger partial charge in [-0.2, -0.15) is 0 Å². The van der Waals surface area contributed by atoms with E-state index in [9.17, 15) is 4.39 Å². The molecule has 2 nitrogen and oxygen atoms in total. The van der Waals surface area contributed by atoms with E-state index in [-0.39, 0.29) is 12.1 Å². The maximum absolute atomic E-state index is 12.9. The minimum absolute atomic E-state index is 0.0198. The van der Waals surface area contributed by atoms with E-state index in [1.54, 1.807) is 6.08 Å². The number of ether oxygens (including phenoxy) is 2. The monoisotopic (exact) mass is 270 g/mol. The molecule has 1 fully saturated rings. The molecule has 0 aromatic heterocycles. The second kappa shape index (κ2) is 8.01. The SMILES string of the molecule is CCCC[C@H]1CO[C@H](CCC2CC=C(F)CC2)OC1. The van der Waals surface area contributed by atoms with Gasteiger partial charge in [-0.1, -0.05) is 25.8 Å². The van der Waals surface area contributed by atoms with Crippen molar-refractivity contribution >= 4 is 0 Å². The summed E-state index contributed by atoms with van der Waals surface area (Å²) in [4.78, 5) is 0. The molecule has 110 valence electrons. The van der Waals surface area contributed by atoms with E-state index in [0.717, 1.165) is 38.9 Å². The summed E-state index contributed by atoms with van der Waals surface area (Å²) in [6.07, 6.45) is 9.99. The zero-order valence-corrected chi connectivity index (χ0v) is 12.1. The number of halogens is 1. The van der Waals surface area contributed by atoms with Crippen LogP contribution in [0.5, 0.6) is 0 Å². The lowest BCUT2D eigenvalue weighted by Crippen LogP contribution is -2.32. The first-order valence-electron chi connectivity index (χ1n) is 7.85. The molecule has 1 aliphatic heterocycles. The van der Waals surface area contributed by atoms with Crippen molar-refractivity contribution in [2.24, 2.45) is 11.8 Å². The highest BCUT2D eigenvalue weighted by atomic mass is 19.1. The van der Waals surface area contributed by atoms with Crippen LogP contribution in [0.25, 0.3) is 0 Å². The van der Waals surface area contributed by atoms with Crippen molar-refractivity contribution < 1.29 is 13.9 Å². The molecule has 0 bridgehead atoms. The minimum Gasteiger partial charge on any atom is -0.352 e. The van der Waals surface area contributed by atoms with Crippen LogP contribution in [0.2, 0.25) is 0 Å². The van der Waals surface area contributed by atoms with Gasteiger partial charge in [-0.15, -0.1) is 0 Å². The smallest absolute Gasteiger partial charge is 0.157 e. The van der Waals surface area contributed by atoms with Gasteiger partial charge < -0.3 is 9.47 Å². The highest BCUT2D eigenvalue weighted by Crippen LogP contribution is 2.29. The molecule has 0 aromatic carbocycles. The lowest BCUT2D eigenvalue weighted by Gasteiger charge is -2.30. The summed E-state index contributed by atoms with van der Waals surface area (Å²) in [5.74, 6) is 1.27. The van der Waals surface area contributed by atoms with Gasteiger partial charge in [0.05, 0.1) is 19.0 Å². The summed E-state index contributed by atoms with van der Waals surface area (Å²) in [5.41, 5.74) is 0. The van der Waals surface area contributed by atoms with E-state index >= 15 is 0 Å². The largest absolute Gasteiger partial charge is 0.352 e. The lowest BCUT2D eigenvalue weighted by molar-refractivity contribution is -0.205. The third-order valence-corrected chi connectivity index (χ3v) is 4.28. The van der Waals surface area contributed by atoms with E-state index in [0.29, 0.717) is 18.3 Å². The highest BCUT2D eigenvalue weighted by molar-refractivity contribution is 4.97. The minimum atomic E-state index is -0.0198. The van der Waals surface area contributed by atoms with Crippen molar-refractivity contribution in [1.82, 2.24) is 0 Å². The average molecular weight is 270 g/mol. The van der Waals surface area contributed by atoms with Crippen LogP contribution in [0, 0.1) is 11.8 Å². The van der Waals surface area contributed by atoms with E-state index in [4.69, 9.17) is 9.47 Å². The molecule has 0 saturated carbocycles. The second-order valence-electron chi connectivity index (χ2n) is 5.97. The van der Waals surface area contributed by atoms with Gasteiger partial charge in [0.2, 0.25) is 0 Å². The van der Waals surface area contributed by atoms with Crippen molar-refractivity contribution in [2.75, 3.05) is 13.2 Å². The van der Waals surface area contributed by atoms with E-state index in [1.807, 2.05) is 0 Å². The van der Waals surface area contributed by atoms with Gasteiger partial charge in [-0.3, -0.25) is 0 Å². The summed E-state index contributed by atoms with van der Waals surface area (Å²) in [5, 5.41) is 0. The summed E-state index contributed by atoms with van der Waals surface area (Å²) < 4.78 is 24.5. The summed E-state index contributed by atoms with van der Waals surface area (Å²) >= 11 is 0. The molecule has 1 heterocycles. The molecule has 2 rings (SSSR count). The quantitative estimate of drug-likeness (QED) is 0.702. The molecule has 0 aromatic rings. The number of hydrogen-bond acceptors (Lipinski definition) is 2. The van der Waals surface area contributed by atoms with Crippen molar-refractivity contribution in [1.29, 1.82) is 0 Å². The lowest BCUT2D eigenvalue weighted by atomic mass is 9.89. The normalized spacial score (nSPS) is 32.1. The van der Waals surface area contributed by atoms with E-state index in [1.165, 1.54) is 19.3 Å². The fourth-order valence-electron chi connectivity index (χ4n) is 2.90. The Morgan fingerprint density at radius 2 is 1.95 bits per heavy atom. The van der Waals surface area contributed by atoms with Crippen LogP contribution in [0.15, 0.2) is 11.9 Å². The van der Waals surface area contributed by atoms with Crippen molar-refractivity contribution in [3.05, 3.63) is 11.9 Å². The van der Waals surface area contributed by atoms with Crippen molar-refractivity contribution in [3.8, 4) is 0 Å².